The second-order valence-corrected chi connectivity index (χ2v) is 6.32. The number of nitrogens with two attached hydrogens (primary N) is 1. The first-order valence-corrected chi connectivity index (χ1v) is 8.05. The maximum Gasteiger partial charge on any atom is 0.246 e. The smallest absolute Gasteiger partial charge is 0.246 e. The van der Waals surface area contributed by atoms with Crippen LogP contribution >= 0.6 is 11.6 Å². The lowest BCUT2D eigenvalue weighted by molar-refractivity contribution is 0.184. The third kappa shape index (κ3) is 3.48. The highest BCUT2D eigenvalue weighted by molar-refractivity contribution is 6.30. The first kappa shape index (κ1) is 17.0. The minimum atomic E-state index is -0.271. The molecule has 0 amide bonds. The number of aromatic nitrogens is 4. The van der Waals surface area contributed by atoms with Gasteiger partial charge in [-0.25, -0.2) is 4.98 Å². The van der Waals surface area contributed by atoms with Crippen molar-refractivity contribution < 1.29 is 5.21 Å². The molecule has 1 aromatic rings. The van der Waals surface area contributed by atoms with Crippen LogP contribution in [0.15, 0.2) is 30.5 Å². The Hall–Kier alpha value is -2.87. The fourth-order valence-electron chi connectivity index (χ4n) is 2.56. The molecule has 0 unspecified atom stereocenters. The van der Waals surface area contributed by atoms with Gasteiger partial charge in [-0.3, -0.25) is 5.41 Å². The topological polar surface area (TPSA) is 117 Å². The fourth-order valence-corrected chi connectivity index (χ4v) is 2.68. The van der Waals surface area contributed by atoms with Crippen LogP contribution in [0.3, 0.4) is 0 Å². The van der Waals surface area contributed by atoms with Gasteiger partial charge >= 0.3 is 0 Å². The van der Waals surface area contributed by atoms with E-state index in [2.05, 4.69) is 33.7 Å². The van der Waals surface area contributed by atoms with Crippen LogP contribution in [0.2, 0.25) is 5.02 Å². The molecule has 8 nitrogen and oxygen atoms in total. The van der Waals surface area contributed by atoms with E-state index in [-0.39, 0.29) is 29.0 Å². The van der Waals surface area contributed by atoms with Gasteiger partial charge < -0.3 is 15.8 Å². The number of hydrogen-bond acceptors (Lipinski definition) is 7. The Morgan fingerprint density at radius 1 is 1.24 bits per heavy atom. The Bertz CT molecular complexity index is 923. The molecule has 0 fully saturated rings. The molecule has 1 aromatic carbocycles. The molecule has 2 aliphatic rings. The van der Waals surface area contributed by atoms with Crippen molar-refractivity contribution in [1.29, 1.82) is 5.41 Å². The SMILES string of the molecule is CC(C)N(Cc1cn(O)c2nc(=N)nc(N)c-2n1)c1ccc(Cl)cc1. The maximum atomic E-state index is 10.2. The number of hydrogen-bond donors (Lipinski definition) is 3. The van der Waals surface area contributed by atoms with E-state index in [9.17, 15) is 5.21 Å². The average molecular weight is 360 g/mol. The van der Waals surface area contributed by atoms with Gasteiger partial charge in [-0.2, -0.15) is 14.7 Å². The first-order chi connectivity index (χ1) is 11.8. The summed E-state index contributed by atoms with van der Waals surface area (Å²) in [5.41, 5.74) is 7.39. The summed E-state index contributed by atoms with van der Waals surface area (Å²) in [6.45, 7) is 4.57. The van der Waals surface area contributed by atoms with Gasteiger partial charge in [0, 0.05) is 16.8 Å². The molecule has 0 aliphatic carbocycles. The van der Waals surface area contributed by atoms with Gasteiger partial charge in [-0.15, -0.1) is 0 Å². The average Bonchev–Trinajstić information content (AvgIpc) is 2.54. The number of nitrogen functional groups attached to an aromatic ring is 1. The van der Waals surface area contributed by atoms with Gasteiger partial charge in [0.2, 0.25) is 11.4 Å². The number of nitrogens with zero attached hydrogens (tertiary/aromatic N) is 5. The second kappa shape index (κ2) is 6.56. The summed E-state index contributed by atoms with van der Waals surface area (Å²) in [6, 6.07) is 7.71. The molecule has 0 spiro atoms. The van der Waals surface area contributed by atoms with Gasteiger partial charge in [0.05, 0.1) is 18.4 Å². The Morgan fingerprint density at radius 2 is 1.92 bits per heavy atom. The summed E-state index contributed by atoms with van der Waals surface area (Å²) >= 11 is 5.96. The van der Waals surface area contributed by atoms with Crippen molar-refractivity contribution in [2.75, 3.05) is 10.6 Å². The first-order valence-electron chi connectivity index (χ1n) is 7.67. The van der Waals surface area contributed by atoms with Crippen LogP contribution in [0.1, 0.15) is 19.5 Å². The van der Waals surface area contributed by atoms with Crippen molar-refractivity contribution in [2.45, 2.75) is 26.4 Å². The van der Waals surface area contributed by atoms with Gasteiger partial charge in [0.25, 0.3) is 0 Å². The third-order valence-electron chi connectivity index (χ3n) is 3.75. The highest BCUT2D eigenvalue weighted by Gasteiger charge is 2.19. The lowest BCUT2D eigenvalue weighted by Gasteiger charge is -2.29. The van der Waals surface area contributed by atoms with Crippen LogP contribution in [0.4, 0.5) is 11.5 Å². The Balaban J connectivity index is 2.02. The molecular weight excluding hydrogens is 342 g/mol. The van der Waals surface area contributed by atoms with Crippen LogP contribution in [-0.4, -0.2) is 30.9 Å². The summed E-state index contributed by atoms with van der Waals surface area (Å²) in [7, 11) is 0. The van der Waals surface area contributed by atoms with Crippen LogP contribution < -0.4 is 16.3 Å². The molecule has 25 heavy (non-hydrogen) atoms. The lowest BCUT2D eigenvalue weighted by atomic mass is 10.2. The minimum Gasteiger partial charge on any atom is -0.427 e. The van der Waals surface area contributed by atoms with E-state index in [0.717, 1.165) is 10.4 Å². The molecular formula is C16H18ClN7O. The summed E-state index contributed by atoms with van der Waals surface area (Å²) in [5, 5.41) is 18.3. The zero-order chi connectivity index (χ0) is 18.1. The molecule has 130 valence electrons. The summed E-state index contributed by atoms with van der Waals surface area (Å²) in [5.74, 6) is 0.158. The molecule has 0 bridgehead atoms. The predicted octanol–water partition coefficient (Wildman–Crippen LogP) is 2.15. The van der Waals surface area contributed by atoms with Crippen molar-refractivity contribution in [3.05, 3.63) is 46.8 Å². The van der Waals surface area contributed by atoms with Crippen molar-refractivity contribution in [2.24, 2.45) is 0 Å². The fraction of sp³-hybridized carbons (Fsp3) is 0.250. The second-order valence-electron chi connectivity index (χ2n) is 5.88. The van der Waals surface area contributed by atoms with Crippen molar-refractivity contribution in [1.82, 2.24) is 19.7 Å². The molecule has 3 rings (SSSR count). The molecule has 9 heteroatoms. The molecule has 0 atom stereocenters. The van der Waals surface area contributed by atoms with E-state index in [1.807, 2.05) is 24.3 Å². The van der Waals surface area contributed by atoms with Crippen molar-refractivity contribution >= 4 is 23.1 Å². The number of halogens is 1. The summed E-state index contributed by atoms with van der Waals surface area (Å²) in [6.07, 6.45) is 1.46. The summed E-state index contributed by atoms with van der Waals surface area (Å²) < 4.78 is 0.827. The van der Waals surface area contributed by atoms with Crippen molar-refractivity contribution in [3.8, 4) is 11.5 Å². The van der Waals surface area contributed by atoms with Gasteiger partial charge in [-0.05, 0) is 38.1 Å². The van der Waals surface area contributed by atoms with Gasteiger partial charge in [-0.1, -0.05) is 11.6 Å². The van der Waals surface area contributed by atoms with E-state index >= 15 is 0 Å². The third-order valence-corrected chi connectivity index (χ3v) is 4.00. The highest BCUT2D eigenvalue weighted by Crippen LogP contribution is 2.24. The lowest BCUT2D eigenvalue weighted by Crippen LogP contribution is -2.31. The van der Waals surface area contributed by atoms with Crippen molar-refractivity contribution in [3.63, 3.8) is 0 Å². The molecule has 2 heterocycles. The molecule has 4 N–H and O–H groups in total. The number of benzene rings is 1. The maximum absolute atomic E-state index is 10.2. The molecule has 0 saturated heterocycles. The number of rotatable bonds is 4. The monoisotopic (exact) mass is 359 g/mol. The number of nitrogens with one attached hydrogen (secondary N) is 1. The predicted molar refractivity (Wildman–Crippen MR) is 94.7 cm³/mol. The quantitative estimate of drug-likeness (QED) is 0.614. The standard InChI is InChI=1S/C16H18ClN7O/c1-9(2)23(12-5-3-10(17)4-6-12)7-11-8-24(25)15-13(20-11)14(18)21-16(19)22-15/h3-6,8-9,25H,7H2,1-2H3,(H3,18,19,21). The molecule has 0 saturated carbocycles. The van der Waals surface area contributed by atoms with E-state index < -0.39 is 0 Å². The minimum absolute atomic E-state index is 0.0576. The Kier molecular flexibility index (Phi) is 4.45. The van der Waals surface area contributed by atoms with Gasteiger partial charge in [0.1, 0.15) is 0 Å². The van der Waals surface area contributed by atoms with E-state index in [1.165, 1.54) is 6.20 Å². The van der Waals surface area contributed by atoms with Gasteiger partial charge in [0.15, 0.2) is 11.5 Å². The summed E-state index contributed by atoms with van der Waals surface area (Å²) in [4.78, 5) is 14.2. The Morgan fingerprint density at radius 3 is 2.56 bits per heavy atom. The molecule has 2 aliphatic heterocycles. The highest BCUT2D eigenvalue weighted by atomic mass is 35.5. The normalized spacial score (nSPS) is 11.2. The number of anilines is 2. The van der Waals surface area contributed by atoms with E-state index in [1.54, 1.807) is 0 Å². The number of fused-ring (bicyclic) bond motifs is 1. The Labute approximate surface area is 149 Å². The van der Waals surface area contributed by atoms with Crippen LogP contribution in [0, 0.1) is 5.41 Å². The zero-order valence-corrected chi connectivity index (χ0v) is 14.6. The van der Waals surface area contributed by atoms with Crippen LogP contribution in [-0.2, 0) is 6.54 Å². The van der Waals surface area contributed by atoms with E-state index in [4.69, 9.17) is 22.7 Å². The molecule has 0 aromatic heterocycles. The van der Waals surface area contributed by atoms with E-state index in [0.29, 0.717) is 17.3 Å². The zero-order valence-electron chi connectivity index (χ0n) is 13.8. The van der Waals surface area contributed by atoms with Crippen LogP contribution in [0.5, 0.6) is 0 Å². The largest absolute Gasteiger partial charge is 0.427 e. The molecule has 0 radical (unpaired) electrons. The van der Waals surface area contributed by atoms with Crippen LogP contribution in [0.25, 0.3) is 11.5 Å².